The molecule has 1 heterocycles. The van der Waals surface area contributed by atoms with Crippen LogP contribution in [-0.2, 0) is 18.3 Å². The minimum Gasteiger partial charge on any atom is -0.368 e. The maximum Gasteiger partial charge on any atom is 0.252 e. The molecule has 3 rings (SSSR count). The van der Waals surface area contributed by atoms with Crippen molar-refractivity contribution in [3.63, 3.8) is 0 Å². The molecule has 3 N–H and O–H groups in total. The zero-order valence-electron chi connectivity index (χ0n) is 13.4. The molecule has 0 aliphatic heterocycles. The van der Waals surface area contributed by atoms with Gasteiger partial charge < -0.3 is 15.6 Å². The number of nitrogens with two attached hydrogens (primary N) is 1. The van der Waals surface area contributed by atoms with E-state index in [4.69, 9.17) is 5.73 Å². The molecule has 0 aliphatic rings. The van der Waals surface area contributed by atoms with Gasteiger partial charge in [-0.3, -0.25) is 9.59 Å². The molecule has 0 saturated heterocycles. The van der Waals surface area contributed by atoms with E-state index in [0.29, 0.717) is 12.0 Å². The number of aryl methyl sites for hydroxylation is 1. The van der Waals surface area contributed by atoms with Crippen molar-refractivity contribution in [2.45, 2.75) is 12.5 Å². The summed E-state index contributed by atoms with van der Waals surface area (Å²) in [5.41, 5.74) is 7.91. The van der Waals surface area contributed by atoms with Gasteiger partial charge in [0.2, 0.25) is 5.91 Å². The monoisotopic (exact) mass is 321 g/mol. The second-order valence-electron chi connectivity index (χ2n) is 5.78. The third kappa shape index (κ3) is 3.15. The van der Waals surface area contributed by atoms with Crippen molar-refractivity contribution in [1.82, 2.24) is 9.88 Å². The van der Waals surface area contributed by atoms with E-state index in [1.807, 2.05) is 66.3 Å². The van der Waals surface area contributed by atoms with Crippen molar-refractivity contribution in [3.8, 4) is 0 Å². The second-order valence-corrected chi connectivity index (χ2v) is 5.78. The summed E-state index contributed by atoms with van der Waals surface area (Å²) in [6, 6.07) is 16.1. The molecule has 0 fully saturated rings. The van der Waals surface area contributed by atoms with Crippen molar-refractivity contribution in [3.05, 3.63) is 71.9 Å². The van der Waals surface area contributed by atoms with Crippen molar-refractivity contribution >= 4 is 22.7 Å². The Morgan fingerprint density at radius 2 is 1.83 bits per heavy atom. The van der Waals surface area contributed by atoms with Crippen molar-refractivity contribution < 1.29 is 9.59 Å². The third-order valence-corrected chi connectivity index (χ3v) is 4.10. The molecule has 1 aromatic heterocycles. The average Bonchev–Trinajstić information content (AvgIpc) is 2.96. The average molecular weight is 321 g/mol. The Bertz CT molecular complexity index is 884. The van der Waals surface area contributed by atoms with Crippen LogP contribution in [-0.4, -0.2) is 22.4 Å². The molecule has 0 spiro atoms. The Balaban J connectivity index is 1.84. The van der Waals surface area contributed by atoms with Gasteiger partial charge in [0, 0.05) is 36.1 Å². The summed E-state index contributed by atoms with van der Waals surface area (Å²) in [7, 11) is 1.92. The number of nitrogens with one attached hydrogen (secondary N) is 1. The fourth-order valence-corrected chi connectivity index (χ4v) is 2.81. The van der Waals surface area contributed by atoms with Crippen LogP contribution in [0, 0.1) is 0 Å². The van der Waals surface area contributed by atoms with Gasteiger partial charge in [0.15, 0.2) is 0 Å². The van der Waals surface area contributed by atoms with Gasteiger partial charge in [-0.2, -0.15) is 0 Å². The molecule has 3 aromatic rings. The molecule has 5 heteroatoms. The first kappa shape index (κ1) is 15.8. The highest BCUT2D eigenvalue weighted by molar-refractivity contribution is 6.07. The first-order chi connectivity index (χ1) is 11.6. The zero-order valence-corrected chi connectivity index (χ0v) is 13.4. The summed E-state index contributed by atoms with van der Waals surface area (Å²) in [6.45, 7) is 0. The Morgan fingerprint density at radius 3 is 2.54 bits per heavy atom. The predicted molar refractivity (Wildman–Crippen MR) is 93.5 cm³/mol. The van der Waals surface area contributed by atoms with Gasteiger partial charge in [-0.25, -0.2) is 0 Å². The number of rotatable bonds is 5. The molecule has 0 bridgehead atoms. The number of amides is 2. The highest BCUT2D eigenvalue weighted by Crippen LogP contribution is 2.19. The maximum absolute atomic E-state index is 12.6. The zero-order chi connectivity index (χ0) is 17.1. The number of carbonyl (C=O) groups excluding carboxylic acids is 2. The first-order valence-electron chi connectivity index (χ1n) is 7.74. The summed E-state index contributed by atoms with van der Waals surface area (Å²) in [5, 5.41) is 3.61. The summed E-state index contributed by atoms with van der Waals surface area (Å²) in [5.74, 6) is -0.848. The highest BCUT2D eigenvalue weighted by atomic mass is 16.2. The Hall–Kier alpha value is -3.08. The van der Waals surface area contributed by atoms with Crippen LogP contribution in [0.25, 0.3) is 10.9 Å². The molecule has 0 aliphatic carbocycles. The summed E-state index contributed by atoms with van der Waals surface area (Å²) < 4.78 is 1.95. The van der Waals surface area contributed by atoms with E-state index in [0.717, 1.165) is 16.5 Å². The number of fused-ring (bicyclic) bond motifs is 1. The predicted octanol–water partition coefficient (Wildman–Crippen LogP) is 2.00. The van der Waals surface area contributed by atoms with Gasteiger partial charge in [0.25, 0.3) is 5.91 Å². The topological polar surface area (TPSA) is 77.1 Å². The molecule has 5 nitrogen and oxygen atoms in total. The summed E-state index contributed by atoms with van der Waals surface area (Å²) in [6.07, 6.45) is 2.27. The van der Waals surface area contributed by atoms with E-state index in [1.54, 1.807) is 6.07 Å². The molecule has 2 aromatic carbocycles. The molecule has 2 amide bonds. The van der Waals surface area contributed by atoms with Gasteiger partial charge in [-0.05, 0) is 23.8 Å². The lowest BCUT2D eigenvalue weighted by atomic mass is 10.0. The first-order valence-corrected chi connectivity index (χ1v) is 7.74. The van der Waals surface area contributed by atoms with Crippen LogP contribution < -0.4 is 11.1 Å². The number of nitrogens with zero attached hydrogens (tertiary/aromatic N) is 1. The van der Waals surface area contributed by atoms with Gasteiger partial charge in [-0.15, -0.1) is 0 Å². The van der Waals surface area contributed by atoms with Crippen molar-refractivity contribution in [2.75, 3.05) is 0 Å². The second kappa shape index (κ2) is 6.58. The van der Waals surface area contributed by atoms with Crippen LogP contribution in [0.2, 0.25) is 0 Å². The van der Waals surface area contributed by atoms with Crippen LogP contribution in [0.3, 0.4) is 0 Å². The van der Waals surface area contributed by atoms with E-state index in [-0.39, 0.29) is 5.91 Å². The van der Waals surface area contributed by atoms with Gasteiger partial charge >= 0.3 is 0 Å². The van der Waals surface area contributed by atoms with E-state index in [9.17, 15) is 9.59 Å². The summed E-state index contributed by atoms with van der Waals surface area (Å²) >= 11 is 0. The van der Waals surface area contributed by atoms with Gasteiger partial charge in [-0.1, -0.05) is 36.4 Å². The van der Waals surface area contributed by atoms with Crippen molar-refractivity contribution in [1.29, 1.82) is 0 Å². The molecular formula is C19H19N3O2. The van der Waals surface area contributed by atoms with Crippen LogP contribution in [0.4, 0.5) is 0 Å². The lowest BCUT2D eigenvalue weighted by Gasteiger charge is -2.16. The van der Waals surface area contributed by atoms with Gasteiger partial charge in [0.05, 0.1) is 0 Å². The minimum atomic E-state index is -0.751. The van der Waals surface area contributed by atoms with E-state index in [2.05, 4.69) is 5.32 Å². The van der Waals surface area contributed by atoms with Crippen LogP contribution in [0.1, 0.15) is 15.9 Å². The lowest BCUT2D eigenvalue weighted by Crippen LogP contribution is -2.45. The Morgan fingerprint density at radius 1 is 1.08 bits per heavy atom. The number of primary amides is 1. The standard InChI is InChI=1S/C19H19N3O2/c1-22-11-10-14-15(8-5-9-17(14)22)19(24)21-16(18(20)23)12-13-6-3-2-4-7-13/h2-11,16H,12H2,1H3,(H2,20,23)(H,21,24)/t16-/m0/s1. The van der Waals surface area contributed by atoms with Crippen LogP contribution in [0.5, 0.6) is 0 Å². The fraction of sp³-hybridized carbons (Fsp3) is 0.158. The molecule has 0 saturated carbocycles. The largest absolute Gasteiger partial charge is 0.368 e. The smallest absolute Gasteiger partial charge is 0.252 e. The Kier molecular flexibility index (Phi) is 4.33. The number of benzene rings is 2. The van der Waals surface area contributed by atoms with E-state index < -0.39 is 11.9 Å². The lowest BCUT2D eigenvalue weighted by molar-refractivity contribution is -0.119. The van der Waals surface area contributed by atoms with Gasteiger partial charge in [0.1, 0.15) is 6.04 Å². The van der Waals surface area contributed by atoms with Crippen molar-refractivity contribution in [2.24, 2.45) is 12.8 Å². The number of aromatic nitrogens is 1. The third-order valence-electron chi connectivity index (χ3n) is 4.10. The minimum absolute atomic E-state index is 0.300. The fourth-order valence-electron chi connectivity index (χ4n) is 2.81. The molecule has 24 heavy (non-hydrogen) atoms. The molecule has 122 valence electrons. The molecular weight excluding hydrogens is 302 g/mol. The van der Waals surface area contributed by atoms with Crippen LogP contribution >= 0.6 is 0 Å². The molecule has 0 unspecified atom stereocenters. The summed E-state index contributed by atoms with van der Waals surface area (Å²) in [4.78, 5) is 24.4. The number of carbonyl (C=O) groups is 2. The van der Waals surface area contributed by atoms with Crippen LogP contribution in [0.15, 0.2) is 60.8 Å². The highest BCUT2D eigenvalue weighted by Gasteiger charge is 2.20. The Labute approximate surface area is 140 Å². The molecule has 1 atom stereocenters. The quantitative estimate of drug-likeness (QED) is 0.754. The van der Waals surface area contributed by atoms with E-state index >= 15 is 0 Å². The normalized spacial score (nSPS) is 12.0. The molecule has 0 radical (unpaired) electrons. The van der Waals surface area contributed by atoms with E-state index in [1.165, 1.54) is 0 Å². The maximum atomic E-state index is 12.6. The SMILES string of the molecule is Cn1ccc2c(C(=O)N[C@@H](Cc3ccccc3)C(N)=O)cccc21. The number of hydrogen-bond donors (Lipinski definition) is 2. The number of hydrogen-bond acceptors (Lipinski definition) is 2.